The molecule has 100 valence electrons. The van der Waals surface area contributed by atoms with Crippen molar-refractivity contribution in [1.29, 1.82) is 0 Å². The van der Waals surface area contributed by atoms with Gasteiger partial charge in [0.1, 0.15) is 0 Å². The lowest BCUT2D eigenvalue weighted by atomic mass is 9.98. The van der Waals surface area contributed by atoms with E-state index in [1.165, 1.54) is 16.8 Å². The zero-order valence-corrected chi connectivity index (χ0v) is 11.7. The van der Waals surface area contributed by atoms with Crippen molar-refractivity contribution in [2.75, 3.05) is 19.0 Å². The number of hydrazine groups is 1. The Morgan fingerprint density at radius 3 is 2.26 bits per heavy atom. The largest absolute Gasteiger partial charge is 0.378 e. The molecule has 0 heterocycles. The third-order valence-electron chi connectivity index (χ3n) is 3.30. The molecule has 3 nitrogen and oxygen atoms in total. The summed E-state index contributed by atoms with van der Waals surface area (Å²) in [5.74, 6) is 5.74. The molecule has 1 atom stereocenters. The van der Waals surface area contributed by atoms with Crippen molar-refractivity contribution < 1.29 is 0 Å². The van der Waals surface area contributed by atoms with Crippen LogP contribution in [0.5, 0.6) is 0 Å². The molecule has 2 aromatic rings. The van der Waals surface area contributed by atoms with Crippen LogP contribution in [0.2, 0.25) is 0 Å². The molecule has 0 radical (unpaired) electrons. The van der Waals surface area contributed by atoms with Crippen LogP contribution in [0.1, 0.15) is 22.7 Å². The average molecular weight is 255 g/mol. The second kappa shape index (κ2) is 5.87. The summed E-state index contributed by atoms with van der Waals surface area (Å²) >= 11 is 0. The lowest BCUT2D eigenvalue weighted by Crippen LogP contribution is -2.29. The second-order valence-corrected chi connectivity index (χ2v) is 5.00. The summed E-state index contributed by atoms with van der Waals surface area (Å²) in [4.78, 5) is 2.09. The normalized spacial score (nSPS) is 12.2. The smallest absolute Gasteiger partial charge is 0.0710 e. The van der Waals surface area contributed by atoms with Gasteiger partial charge in [0.05, 0.1) is 6.04 Å². The third kappa shape index (κ3) is 3.13. The van der Waals surface area contributed by atoms with Crippen molar-refractivity contribution in [1.82, 2.24) is 5.43 Å². The van der Waals surface area contributed by atoms with Gasteiger partial charge in [-0.3, -0.25) is 5.84 Å². The number of nitrogens with zero attached hydrogens (tertiary/aromatic N) is 1. The van der Waals surface area contributed by atoms with Crippen molar-refractivity contribution in [2.24, 2.45) is 5.84 Å². The molecule has 1 unspecified atom stereocenters. The lowest BCUT2D eigenvalue weighted by molar-refractivity contribution is 0.637. The molecular weight excluding hydrogens is 234 g/mol. The fraction of sp³-hybridized carbons (Fsp3) is 0.250. The molecular formula is C16H21N3. The molecule has 0 saturated heterocycles. The molecule has 2 aromatic carbocycles. The Bertz CT molecular complexity index is 532. The summed E-state index contributed by atoms with van der Waals surface area (Å²) < 4.78 is 0. The fourth-order valence-corrected chi connectivity index (χ4v) is 2.13. The van der Waals surface area contributed by atoms with Crippen LogP contribution in [-0.2, 0) is 0 Å². The van der Waals surface area contributed by atoms with E-state index < -0.39 is 0 Å². The zero-order valence-electron chi connectivity index (χ0n) is 11.7. The van der Waals surface area contributed by atoms with E-state index in [9.17, 15) is 0 Å². The zero-order chi connectivity index (χ0) is 13.8. The van der Waals surface area contributed by atoms with E-state index in [1.54, 1.807) is 0 Å². The van der Waals surface area contributed by atoms with Crippen molar-refractivity contribution in [2.45, 2.75) is 13.0 Å². The van der Waals surface area contributed by atoms with E-state index in [0.29, 0.717) is 0 Å². The monoisotopic (exact) mass is 255 g/mol. The van der Waals surface area contributed by atoms with Gasteiger partial charge < -0.3 is 4.90 Å². The van der Waals surface area contributed by atoms with Gasteiger partial charge in [0, 0.05) is 19.8 Å². The van der Waals surface area contributed by atoms with Gasteiger partial charge in [-0.2, -0.15) is 0 Å². The Kier molecular flexibility index (Phi) is 4.20. The Labute approximate surface area is 115 Å². The highest BCUT2D eigenvalue weighted by molar-refractivity contribution is 5.49. The SMILES string of the molecule is Cc1ccc(C(NN)c2cccc(N(C)C)c2)cc1. The first kappa shape index (κ1) is 13.6. The molecule has 0 saturated carbocycles. The Morgan fingerprint density at radius 2 is 1.68 bits per heavy atom. The number of benzene rings is 2. The van der Waals surface area contributed by atoms with Gasteiger partial charge in [-0.15, -0.1) is 0 Å². The maximum atomic E-state index is 5.74. The summed E-state index contributed by atoms with van der Waals surface area (Å²) in [6, 6.07) is 16.9. The van der Waals surface area contributed by atoms with Crippen molar-refractivity contribution >= 4 is 5.69 Å². The third-order valence-corrected chi connectivity index (χ3v) is 3.30. The molecule has 19 heavy (non-hydrogen) atoms. The topological polar surface area (TPSA) is 41.3 Å². The number of aryl methyl sites for hydroxylation is 1. The van der Waals surface area contributed by atoms with Gasteiger partial charge in [-0.1, -0.05) is 42.0 Å². The van der Waals surface area contributed by atoms with Crippen LogP contribution >= 0.6 is 0 Å². The Hall–Kier alpha value is -1.84. The van der Waals surface area contributed by atoms with Gasteiger partial charge >= 0.3 is 0 Å². The van der Waals surface area contributed by atoms with E-state index in [4.69, 9.17) is 5.84 Å². The minimum atomic E-state index is 0.0144. The van der Waals surface area contributed by atoms with Crippen LogP contribution in [0.3, 0.4) is 0 Å². The van der Waals surface area contributed by atoms with Crippen LogP contribution in [0.25, 0.3) is 0 Å². The quantitative estimate of drug-likeness (QED) is 0.652. The average Bonchev–Trinajstić information content (AvgIpc) is 2.42. The lowest BCUT2D eigenvalue weighted by Gasteiger charge is -2.20. The van der Waals surface area contributed by atoms with Crippen LogP contribution in [0.4, 0.5) is 5.69 Å². The van der Waals surface area contributed by atoms with Crippen molar-refractivity contribution in [3.05, 3.63) is 65.2 Å². The Morgan fingerprint density at radius 1 is 1.00 bits per heavy atom. The number of rotatable bonds is 4. The molecule has 0 aliphatic carbocycles. The summed E-state index contributed by atoms with van der Waals surface area (Å²) in [7, 11) is 4.08. The van der Waals surface area contributed by atoms with Gasteiger partial charge in [0.25, 0.3) is 0 Å². The van der Waals surface area contributed by atoms with E-state index in [2.05, 4.69) is 65.8 Å². The van der Waals surface area contributed by atoms with Gasteiger partial charge in [-0.25, -0.2) is 5.43 Å². The van der Waals surface area contributed by atoms with Crippen LogP contribution in [-0.4, -0.2) is 14.1 Å². The minimum Gasteiger partial charge on any atom is -0.378 e. The second-order valence-electron chi connectivity index (χ2n) is 5.00. The fourth-order valence-electron chi connectivity index (χ4n) is 2.13. The molecule has 3 heteroatoms. The van der Waals surface area contributed by atoms with Crippen LogP contribution in [0.15, 0.2) is 48.5 Å². The number of anilines is 1. The maximum absolute atomic E-state index is 5.74. The highest BCUT2D eigenvalue weighted by atomic mass is 15.2. The summed E-state index contributed by atoms with van der Waals surface area (Å²) in [5.41, 5.74) is 7.66. The first-order valence-electron chi connectivity index (χ1n) is 6.42. The predicted molar refractivity (Wildman–Crippen MR) is 81.1 cm³/mol. The van der Waals surface area contributed by atoms with E-state index in [-0.39, 0.29) is 6.04 Å². The number of hydrogen-bond donors (Lipinski definition) is 2. The van der Waals surface area contributed by atoms with Gasteiger partial charge in [-0.05, 0) is 30.2 Å². The Balaban J connectivity index is 2.36. The van der Waals surface area contributed by atoms with E-state index in [1.807, 2.05) is 14.1 Å². The van der Waals surface area contributed by atoms with Crippen LogP contribution in [0, 0.1) is 6.92 Å². The number of nitrogens with one attached hydrogen (secondary N) is 1. The predicted octanol–water partition coefficient (Wildman–Crippen LogP) is 2.61. The molecule has 2 rings (SSSR count). The number of nitrogens with two attached hydrogens (primary N) is 1. The molecule has 3 N–H and O–H groups in total. The summed E-state index contributed by atoms with van der Waals surface area (Å²) in [6.45, 7) is 2.08. The first-order chi connectivity index (χ1) is 9.11. The number of hydrogen-bond acceptors (Lipinski definition) is 3. The molecule has 0 aromatic heterocycles. The van der Waals surface area contributed by atoms with Crippen molar-refractivity contribution in [3.63, 3.8) is 0 Å². The highest BCUT2D eigenvalue weighted by Gasteiger charge is 2.12. The van der Waals surface area contributed by atoms with E-state index in [0.717, 1.165) is 5.56 Å². The molecule has 0 fully saturated rings. The molecule has 0 bridgehead atoms. The molecule has 0 amide bonds. The molecule has 0 aliphatic heterocycles. The first-order valence-corrected chi connectivity index (χ1v) is 6.42. The summed E-state index contributed by atoms with van der Waals surface area (Å²) in [5, 5.41) is 0. The van der Waals surface area contributed by atoms with Crippen LogP contribution < -0.4 is 16.2 Å². The minimum absolute atomic E-state index is 0.0144. The van der Waals surface area contributed by atoms with Gasteiger partial charge in [0.15, 0.2) is 0 Å². The standard InChI is InChI=1S/C16H21N3/c1-12-7-9-13(10-8-12)16(18-17)14-5-4-6-15(11-14)19(2)3/h4-11,16,18H,17H2,1-3H3. The van der Waals surface area contributed by atoms with Crippen molar-refractivity contribution in [3.8, 4) is 0 Å². The highest BCUT2D eigenvalue weighted by Crippen LogP contribution is 2.24. The van der Waals surface area contributed by atoms with Gasteiger partial charge in [0.2, 0.25) is 0 Å². The molecule has 0 spiro atoms. The molecule has 0 aliphatic rings. The maximum Gasteiger partial charge on any atom is 0.0710 e. The summed E-state index contributed by atoms with van der Waals surface area (Å²) in [6.07, 6.45) is 0. The van der Waals surface area contributed by atoms with E-state index >= 15 is 0 Å².